The SMILES string of the molecule is O=C(CNC1CC1)NC1CCC1. The van der Waals surface area contributed by atoms with Gasteiger partial charge in [-0.05, 0) is 32.1 Å². The summed E-state index contributed by atoms with van der Waals surface area (Å²) in [4.78, 5) is 11.2. The molecule has 2 fully saturated rings. The molecule has 0 aliphatic heterocycles. The molecule has 12 heavy (non-hydrogen) atoms. The van der Waals surface area contributed by atoms with Gasteiger partial charge in [-0.2, -0.15) is 0 Å². The Kier molecular flexibility index (Phi) is 2.30. The molecule has 0 atom stereocenters. The van der Waals surface area contributed by atoms with Crippen molar-refractivity contribution in [1.82, 2.24) is 10.6 Å². The van der Waals surface area contributed by atoms with Crippen LogP contribution in [0.1, 0.15) is 32.1 Å². The van der Waals surface area contributed by atoms with E-state index in [1.165, 1.54) is 32.1 Å². The number of amides is 1. The van der Waals surface area contributed by atoms with Gasteiger partial charge in [0, 0.05) is 12.1 Å². The number of rotatable bonds is 4. The second kappa shape index (κ2) is 3.44. The van der Waals surface area contributed by atoms with Crippen LogP contribution in [0.3, 0.4) is 0 Å². The first kappa shape index (κ1) is 8.05. The van der Waals surface area contributed by atoms with Crippen LogP contribution in [-0.2, 0) is 4.79 Å². The van der Waals surface area contributed by atoms with Gasteiger partial charge in [-0.15, -0.1) is 0 Å². The van der Waals surface area contributed by atoms with E-state index in [2.05, 4.69) is 10.6 Å². The number of carbonyl (C=O) groups excluding carboxylic acids is 1. The summed E-state index contributed by atoms with van der Waals surface area (Å²) in [6, 6.07) is 1.12. The lowest BCUT2D eigenvalue weighted by molar-refractivity contribution is -0.121. The average molecular weight is 168 g/mol. The monoisotopic (exact) mass is 168 g/mol. The fraction of sp³-hybridized carbons (Fsp3) is 0.889. The summed E-state index contributed by atoms with van der Waals surface area (Å²) in [5, 5.41) is 6.20. The van der Waals surface area contributed by atoms with Gasteiger partial charge in [0.25, 0.3) is 0 Å². The van der Waals surface area contributed by atoms with Crippen LogP contribution >= 0.6 is 0 Å². The summed E-state index contributed by atoms with van der Waals surface area (Å²) in [7, 11) is 0. The van der Waals surface area contributed by atoms with Crippen molar-refractivity contribution in [2.45, 2.75) is 44.2 Å². The third-order valence-corrected chi connectivity index (χ3v) is 2.60. The van der Waals surface area contributed by atoms with Gasteiger partial charge in [-0.1, -0.05) is 0 Å². The summed E-state index contributed by atoms with van der Waals surface area (Å²) in [5.74, 6) is 0.173. The van der Waals surface area contributed by atoms with Gasteiger partial charge in [0.15, 0.2) is 0 Å². The molecule has 0 unspecified atom stereocenters. The van der Waals surface area contributed by atoms with Crippen LogP contribution in [0.4, 0.5) is 0 Å². The quantitative estimate of drug-likeness (QED) is 0.638. The molecule has 1 amide bonds. The van der Waals surface area contributed by atoms with E-state index in [9.17, 15) is 4.79 Å². The molecule has 3 nitrogen and oxygen atoms in total. The Morgan fingerprint density at radius 3 is 2.42 bits per heavy atom. The number of hydrogen-bond donors (Lipinski definition) is 2. The van der Waals surface area contributed by atoms with Crippen LogP contribution in [0, 0.1) is 0 Å². The van der Waals surface area contributed by atoms with E-state index in [1.807, 2.05) is 0 Å². The van der Waals surface area contributed by atoms with Crippen LogP contribution in [0.25, 0.3) is 0 Å². The highest BCUT2D eigenvalue weighted by Crippen LogP contribution is 2.19. The molecule has 3 heteroatoms. The van der Waals surface area contributed by atoms with Crippen LogP contribution < -0.4 is 10.6 Å². The molecule has 2 N–H and O–H groups in total. The normalized spacial score (nSPS) is 23.3. The van der Waals surface area contributed by atoms with Crippen molar-refractivity contribution >= 4 is 5.91 Å². The third-order valence-electron chi connectivity index (χ3n) is 2.60. The largest absolute Gasteiger partial charge is 0.352 e. The first-order valence-corrected chi connectivity index (χ1v) is 4.87. The Morgan fingerprint density at radius 2 is 1.92 bits per heavy atom. The molecular weight excluding hydrogens is 152 g/mol. The molecular formula is C9H16N2O. The zero-order chi connectivity index (χ0) is 8.39. The van der Waals surface area contributed by atoms with Crippen molar-refractivity contribution in [3.8, 4) is 0 Å². The Balaban J connectivity index is 1.56. The van der Waals surface area contributed by atoms with E-state index in [1.54, 1.807) is 0 Å². The highest BCUT2D eigenvalue weighted by atomic mass is 16.2. The van der Waals surface area contributed by atoms with Crippen LogP contribution in [0.5, 0.6) is 0 Å². The van der Waals surface area contributed by atoms with Gasteiger partial charge in [0.2, 0.25) is 5.91 Å². The lowest BCUT2D eigenvalue weighted by Gasteiger charge is -2.26. The van der Waals surface area contributed by atoms with Crippen molar-refractivity contribution in [1.29, 1.82) is 0 Å². The molecule has 0 saturated heterocycles. The van der Waals surface area contributed by atoms with Crippen molar-refractivity contribution < 1.29 is 4.79 Å². The molecule has 2 rings (SSSR count). The molecule has 2 aliphatic rings. The van der Waals surface area contributed by atoms with E-state index >= 15 is 0 Å². The van der Waals surface area contributed by atoms with Gasteiger partial charge in [0.1, 0.15) is 0 Å². The minimum absolute atomic E-state index is 0.173. The van der Waals surface area contributed by atoms with E-state index in [0.717, 1.165) is 0 Å². The van der Waals surface area contributed by atoms with E-state index in [0.29, 0.717) is 18.6 Å². The molecule has 0 heterocycles. The van der Waals surface area contributed by atoms with Gasteiger partial charge < -0.3 is 10.6 Å². The first-order valence-electron chi connectivity index (χ1n) is 4.87. The molecule has 2 aliphatic carbocycles. The number of nitrogens with one attached hydrogen (secondary N) is 2. The van der Waals surface area contributed by atoms with E-state index in [-0.39, 0.29) is 5.91 Å². The molecule has 0 spiro atoms. The Hall–Kier alpha value is -0.570. The molecule has 0 aromatic rings. The second-order valence-corrected chi connectivity index (χ2v) is 3.85. The van der Waals surface area contributed by atoms with Crippen LogP contribution in [0.15, 0.2) is 0 Å². The smallest absolute Gasteiger partial charge is 0.234 e. The van der Waals surface area contributed by atoms with Gasteiger partial charge >= 0.3 is 0 Å². The van der Waals surface area contributed by atoms with Crippen molar-refractivity contribution in [3.63, 3.8) is 0 Å². The first-order chi connectivity index (χ1) is 5.84. The third kappa shape index (κ3) is 2.21. The van der Waals surface area contributed by atoms with Crippen molar-refractivity contribution in [2.24, 2.45) is 0 Å². The zero-order valence-electron chi connectivity index (χ0n) is 7.31. The van der Waals surface area contributed by atoms with Crippen LogP contribution in [-0.4, -0.2) is 24.5 Å². The topological polar surface area (TPSA) is 41.1 Å². The summed E-state index contributed by atoms with van der Waals surface area (Å²) in [6.45, 7) is 0.515. The summed E-state index contributed by atoms with van der Waals surface area (Å²) >= 11 is 0. The number of carbonyl (C=O) groups is 1. The minimum atomic E-state index is 0.173. The predicted molar refractivity (Wildman–Crippen MR) is 46.8 cm³/mol. The molecule has 0 aromatic heterocycles. The lowest BCUT2D eigenvalue weighted by Crippen LogP contribution is -2.43. The predicted octanol–water partition coefficient (Wildman–Crippen LogP) is 0.407. The maximum absolute atomic E-state index is 11.2. The maximum atomic E-state index is 11.2. The molecule has 0 bridgehead atoms. The minimum Gasteiger partial charge on any atom is -0.352 e. The Labute approximate surface area is 72.9 Å². The van der Waals surface area contributed by atoms with Gasteiger partial charge in [-0.3, -0.25) is 4.79 Å². The Bertz CT molecular complexity index is 173. The van der Waals surface area contributed by atoms with Crippen LogP contribution in [0.2, 0.25) is 0 Å². The zero-order valence-corrected chi connectivity index (χ0v) is 7.31. The second-order valence-electron chi connectivity index (χ2n) is 3.85. The molecule has 2 saturated carbocycles. The van der Waals surface area contributed by atoms with Gasteiger partial charge in [0.05, 0.1) is 6.54 Å². The van der Waals surface area contributed by atoms with Crippen molar-refractivity contribution in [2.75, 3.05) is 6.54 Å². The van der Waals surface area contributed by atoms with E-state index < -0.39 is 0 Å². The fourth-order valence-electron chi connectivity index (χ4n) is 1.36. The van der Waals surface area contributed by atoms with Gasteiger partial charge in [-0.25, -0.2) is 0 Å². The average Bonchev–Trinajstić information content (AvgIpc) is 2.76. The lowest BCUT2D eigenvalue weighted by atomic mass is 9.93. The highest BCUT2D eigenvalue weighted by Gasteiger charge is 2.23. The van der Waals surface area contributed by atoms with Crippen molar-refractivity contribution in [3.05, 3.63) is 0 Å². The highest BCUT2D eigenvalue weighted by molar-refractivity contribution is 5.78. The summed E-state index contributed by atoms with van der Waals surface area (Å²) < 4.78 is 0. The van der Waals surface area contributed by atoms with E-state index in [4.69, 9.17) is 0 Å². The molecule has 0 aromatic carbocycles. The standard InChI is InChI=1S/C9H16N2O/c12-9(6-10-7-4-5-7)11-8-2-1-3-8/h7-8,10H,1-6H2,(H,11,12). The molecule has 0 radical (unpaired) electrons. The summed E-state index contributed by atoms with van der Waals surface area (Å²) in [6.07, 6.45) is 6.12. The summed E-state index contributed by atoms with van der Waals surface area (Å²) in [5.41, 5.74) is 0. The fourth-order valence-corrected chi connectivity index (χ4v) is 1.36. The Morgan fingerprint density at radius 1 is 1.17 bits per heavy atom. The molecule has 68 valence electrons. The number of hydrogen-bond acceptors (Lipinski definition) is 2. The maximum Gasteiger partial charge on any atom is 0.234 e.